The van der Waals surface area contributed by atoms with E-state index < -0.39 is 18.4 Å². The Labute approximate surface area is 181 Å². The molecule has 32 heavy (non-hydrogen) atoms. The zero-order chi connectivity index (χ0) is 23.1. The number of rotatable bonds is 8. The molecule has 0 unspecified atom stereocenters. The van der Waals surface area contributed by atoms with Crippen molar-refractivity contribution in [3.05, 3.63) is 95.3 Å². The van der Waals surface area contributed by atoms with E-state index in [4.69, 9.17) is 9.47 Å². The second kappa shape index (κ2) is 10.3. The second-order valence-corrected chi connectivity index (χ2v) is 6.37. The van der Waals surface area contributed by atoms with Crippen molar-refractivity contribution in [2.45, 2.75) is 6.61 Å². The molecule has 0 amide bonds. The second-order valence-electron chi connectivity index (χ2n) is 6.37. The van der Waals surface area contributed by atoms with Crippen LogP contribution in [0.3, 0.4) is 0 Å². The highest BCUT2D eigenvalue weighted by Crippen LogP contribution is 2.33. The van der Waals surface area contributed by atoms with Gasteiger partial charge in [0.15, 0.2) is 17.3 Å². The minimum atomic E-state index is -3.07. The van der Waals surface area contributed by atoms with Crippen LogP contribution in [0.5, 0.6) is 17.2 Å². The molecule has 0 aliphatic heterocycles. The van der Waals surface area contributed by atoms with Crippen LogP contribution in [0.1, 0.15) is 21.5 Å². The van der Waals surface area contributed by atoms with Crippen molar-refractivity contribution in [2.24, 2.45) is 0 Å². The van der Waals surface area contributed by atoms with Gasteiger partial charge in [0, 0.05) is 22.8 Å². The lowest BCUT2D eigenvalue weighted by molar-refractivity contribution is -0.128. The molecule has 3 rings (SSSR count). The van der Waals surface area contributed by atoms with Gasteiger partial charge in [-0.3, -0.25) is 4.79 Å². The summed E-state index contributed by atoms with van der Waals surface area (Å²) in [5, 5.41) is 0. The highest BCUT2D eigenvalue weighted by Gasteiger charge is 2.14. The molecule has 8 heteroatoms. The lowest BCUT2D eigenvalue weighted by Gasteiger charge is -2.12. The van der Waals surface area contributed by atoms with E-state index in [-0.39, 0.29) is 28.6 Å². The van der Waals surface area contributed by atoms with E-state index >= 15 is 0 Å². The van der Waals surface area contributed by atoms with Crippen molar-refractivity contribution in [3.8, 4) is 17.2 Å². The van der Waals surface area contributed by atoms with E-state index in [0.717, 1.165) is 6.08 Å². The van der Waals surface area contributed by atoms with Gasteiger partial charge < -0.3 is 14.2 Å². The van der Waals surface area contributed by atoms with E-state index in [1.54, 1.807) is 6.07 Å². The van der Waals surface area contributed by atoms with Gasteiger partial charge in [-0.05, 0) is 60.7 Å². The monoisotopic (exact) mass is 442 g/mol. The Morgan fingerprint density at radius 3 is 2.12 bits per heavy atom. The van der Waals surface area contributed by atoms with Crippen molar-refractivity contribution in [2.75, 3.05) is 7.11 Å². The van der Waals surface area contributed by atoms with Crippen molar-refractivity contribution >= 4 is 17.8 Å². The number of carbonyl (C=O) groups is 2. The molecule has 0 aliphatic carbocycles. The van der Waals surface area contributed by atoms with Gasteiger partial charge >= 0.3 is 12.6 Å². The number of benzene rings is 3. The first-order chi connectivity index (χ1) is 15.4. The standard InChI is InChI=1S/C24H17F3O5/c1-30-20-4-2-3-17(23(20)32-24(26)27)9-14-21(28)31-19-12-7-16(8-13-19)22(29)15-5-10-18(25)11-6-15/h2-14,24H,1H3/b14-9+. The molecule has 0 N–H and O–H groups in total. The summed E-state index contributed by atoms with van der Waals surface area (Å²) in [5.74, 6) is -1.48. The maximum absolute atomic E-state index is 13.0. The van der Waals surface area contributed by atoms with Gasteiger partial charge in [0.1, 0.15) is 11.6 Å². The maximum Gasteiger partial charge on any atom is 0.387 e. The predicted molar refractivity (Wildman–Crippen MR) is 111 cm³/mol. The number of halogens is 3. The minimum absolute atomic E-state index is 0.0854. The van der Waals surface area contributed by atoms with Crippen LogP contribution in [0, 0.1) is 5.82 Å². The largest absolute Gasteiger partial charge is 0.493 e. The molecule has 3 aromatic carbocycles. The number of hydrogen-bond acceptors (Lipinski definition) is 5. The Kier molecular flexibility index (Phi) is 7.28. The Hall–Kier alpha value is -4.07. The lowest BCUT2D eigenvalue weighted by Crippen LogP contribution is -2.06. The molecule has 0 radical (unpaired) electrons. The quantitative estimate of drug-likeness (QED) is 0.205. The maximum atomic E-state index is 13.0. The average molecular weight is 442 g/mol. The van der Waals surface area contributed by atoms with Gasteiger partial charge in [0.05, 0.1) is 7.11 Å². The van der Waals surface area contributed by atoms with Crippen LogP contribution >= 0.6 is 0 Å². The predicted octanol–water partition coefficient (Wildman–Crippen LogP) is 5.29. The molecule has 5 nitrogen and oxygen atoms in total. The number of ether oxygens (including phenoxy) is 3. The molecule has 0 spiro atoms. The van der Waals surface area contributed by atoms with Gasteiger partial charge in [0.2, 0.25) is 0 Å². The fourth-order valence-corrected chi connectivity index (χ4v) is 2.79. The molecule has 0 aromatic heterocycles. The third-order valence-corrected chi connectivity index (χ3v) is 4.28. The zero-order valence-corrected chi connectivity index (χ0v) is 16.8. The molecule has 0 saturated carbocycles. The van der Waals surface area contributed by atoms with Crippen molar-refractivity contribution < 1.29 is 37.0 Å². The summed E-state index contributed by atoms with van der Waals surface area (Å²) in [6.45, 7) is -3.07. The van der Waals surface area contributed by atoms with Gasteiger partial charge in [-0.15, -0.1) is 0 Å². The zero-order valence-electron chi connectivity index (χ0n) is 16.8. The van der Waals surface area contributed by atoms with Gasteiger partial charge in [-0.1, -0.05) is 12.1 Å². The lowest BCUT2D eigenvalue weighted by atomic mass is 10.0. The van der Waals surface area contributed by atoms with Gasteiger partial charge in [-0.2, -0.15) is 8.78 Å². The first kappa shape index (κ1) is 22.6. The number of methoxy groups -OCH3 is 1. The normalized spacial score (nSPS) is 10.9. The first-order valence-corrected chi connectivity index (χ1v) is 9.29. The fraction of sp³-hybridized carbons (Fsp3) is 0.0833. The summed E-state index contributed by atoms with van der Waals surface area (Å²) in [6.07, 6.45) is 2.31. The Morgan fingerprint density at radius 1 is 0.906 bits per heavy atom. The van der Waals surface area contributed by atoms with E-state index in [1.807, 2.05) is 0 Å². The highest BCUT2D eigenvalue weighted by atomic mass is 19.3. The fourth-order valence-electron chi connectivity index (χ4n) is 2.79. The smallest absolute Gasteiger partial charge is 0.387 e. The van der Waals surface area contributed by atoms with Gasteiger partial charge in [0.25, 0.3) is 0 Å². The molecule has 0 atom stereocenters. The average Bonchev–Trinajstić information content (AvgIpc) is 2.78. The topological polar surface area (TPSA) is 61.8 Å². The third kappa shape index (κ3) is 5.75. The number of carbonyl (C=O) groups excluding carboxylic acids is 2. The van der Waals surface area contributed by atoms with E-state index in [1.165, 1.54) is 73.8 Å². The number of ketones is 1. The summed E-state index contributed by atoms with van der Waals surface area (Å²) >= 11 is 0. The summed E-state index contributed by atoms with van der Waals surface area (Å²) in [5.41, 5.74) is 0.846. The number of alkyl halides is 2. The third-order valence-electron chi connectivity index (χ3n) is 4.28. The number of esters is 1. The van der Waals surface area contributed by atoms with E-state index in [2.05, 4.69) is 4.74 Å². The molecule has 0 bridgehead atoms. The van der Waals surface area contributed by atoms with Crippen molar-refractivity contribution in [3.63, 3.8) is 0 Å². The van der Waals surface area contributed by atoms with Crippen molar-refractivity contribution in [1.29, 1.82) is 0 Å². The molecular weight excluding hydrogens is 425 g/mol. The molecule has 0 fully saturated rings. The Bertz CT molecular complexity index is 1120. The molecule has 0 aliphatic rings. The highest BCUT2D eigenvalue weighted by molar-refractivity contribution is 6.09. The van der Waals surface area contributed by atoms with Gasteiger partial charge in [-0.25, -0.2) is 9.18 Å². The van der Waals surface area contributed by atoms with Crippen LogP contribution in [-0.2, 0) is 4.79 Å². The van der Waals surface area contributed by atoms with Crippen LogP contribution in [0.15, 0.2) is 72.8 Å². The SMILES string of the molecule is COc1cccc(/C=C/C(=O)Oc2ccc(C(=O)c3ccc(F)cc3)cc2)c1OC(F)F. The molecule has 3 aromatic rings. The van der Waals surface area contributed by atoms with Crippen molar-refractivity contribution in [1.82, 2.24) is 0 Å². The summed E-state index contributed by atoms with van der Waals surface area (Å²) in [6, 6.07) is 15.4. The van der Waals surface area contributed by atoms with Crippen LogP contribution in [0.25, 0.3) is 6.08 Å². The molecular formula is C24H17F3O5. The molecule has 0 saturated heterocycles. The Morgan fingerprint density at radius 2 is 1.53 bits per heavy atom. The summed E-state index contributed by atoms with van der Waals surface area (Å²) in [7, 11) is 1.31. The van der Waals surface area contributed by atoms with Crippen LogP contribution in [0.4, 0.5) is 13.2 Å². The van der Waals surface area contributed by atoms with Crippen LogP contribution in [0.2, 0.25) is 0 Å². The number of hydrogen-bond donors (Lipinski definition) is 0. The Balaban J connectivity index is 1.68. The molecule has 0 heterocycles. The summed E-state index contributed by atoms with van der Waals surface area (Å²) < 4.78 is 53.0. The first-order valence-electron chi connectivity index (χ1n) is 9.29. The summed E-state index contributed by atoms with van der Waals surface area (Å²) in [4.78, 5) is 24.5. The van der Waals surface area contributed by atoms with Crippen LogP contribution < -0.4 is 14.2 Å². The van der Waals surface area contributed by atoms with E-state index in [0.29, 0.717) is 11.1 Å². The molecule has 164 valence electrons. The number of para-hydroxylation sites is 1. The van der Waals surface area contributed by atoms with Crippen LogP contribution in [-0.4, -0.2) is 25.5 Å². The van der Waals surface area contributed by atoms with E-state index in [9.17, 15) is 22.8 Å². The minimum Gasteiger partial charge on any atom is -0.493 e.